The van der Waals surface area contributed by atoms with Crippen LogP contribution in [0.3, 0.4) is 0 Å². The molecule has 0 bridgehead atoms. The van der Waals surface area contributed by atoms with Crippen LogP contribution in [0.4, 0.5) is 4.39 Å². The minimum absolute atomic E-state index is 0.152. The standard InChI is InChI=1S/C16H11FN4OS2/c1-8-9(2)23-14-12(8)15(19-7-18-14)24-16-21-20-13(22-16)10-5-3-4-6-11(10)17/h3-7H,1-2H3. The summed E-state index contributed by atoms with van der Waals surface area (Å²) in [6, 6.07) is 6.30. The van der Waals surface area contributed by atoms with Crippen LogP contribution >= 0.6 is 23.1 Å². The third-order valence-corrected chi connectivity index (χ3v) is 5.58. The minimum Gasteiger partial charge on any atom is -0.411 e. The largest absolute Gasteiger partial charge is 0.411 e. The van der Waals surface area contributed by atoms with Gasteiger partial charge in [0.2, 0.25) is 0 Å². The van der Waals surface area contributed by atoms with Gasteiger partial charge in [-0.1, -0.05) is 12.1 Å². The van der Waals surface area contributed by atoms with Crippen LogP contribution in [0.15, 0.2) is 45.3 Å². The molecule has 0 unspecified atom stereocenters. The maximum atomic E-state index is 13.8. The Bertz CT molecular complexity index is 1040. The van der Waals surface area contributed by atoms with Crippen molar-refractivity contribution in [3.8, 4) is 11.5 Å². The molecule has 120 valence electrons. The summed E-state index contributed by atoms with van der Waals surface area (Å²) in [6.45, 7) is 4.10. The summed E-state index contributed by atoms with van der Waals surface area (Å²) >= 11 is 2.89. The number of fused-ring (bicyclic) bond motifs is 1. The van der Waals surface area contributed by atoms with E-state index in [0.717, 1.165) is 20.8 Å². The molecule has 4 aromatic rings. The van der Waals surface area contributed by atoms with E-state index in [9.17, 15) is 4.39 Å². The first-order valence-corrected chi connectivity index (χ1v) is 8.73. The van der Waals surface area contributed by atoms with Gasteiger partial charge in [0.05, 0.1) is 5.56 Å². The average molecular weight is 358 g/mol. The second-order valence-corrected chi connectivity index (χ2v) is 7.24. The van der Waals surface area contributed by atoms with Crippen LogP contribution in [0.5, 0.6) is 0 Å². The Kier molecular flexibility index (Phi) is 3.78. The molecule has 0 radical (unpaired) electrons. The molecule has 0 amide bonds. The van der Waals surface area contributed by atoms with Crippen LogP contribution in [0.2, 0.25) is 0 Å². The van der Waals surface area contributed by atoms with Crippen molar-refractivity contribution >= 4 is 33.3 Å². The predicted molar refractivity (Wildman–Crippen MR) is 90.7 cm³/mol. The van der Waals surface area contributed by atoms with Gasteiger partial charge in [0, 0.05) is 10.3 Å². The van der Waals surface area contributed by atoms with Gasteiger partial charge in [0.25, 0.3) is 11.1 Å². The Morgan fingerprint density at radius 3 is 2.79 bits per heavy atom. The highest BCUT2D eigenvalue weighted by atomic mass is 32.2. The lowest BCUT2D eigenvalue weighted by atomic mass is 10.2. The number of aryl methyl sites for hydroxylation is 2. The zero-order chi connectivity index (χ0) is 16.7. The van der Waals surface area contributed by atoms with Gasteiger partial charge in [0.15, 0.2) is 0 Å². The molecule has 0 atom stereocenters. The summed E-state index contributed by atoms with van der Waals surface area (Å²) in [4.78, 5) is 10.8. The number of hydrogen-bond acceptors (Lipinski definition) is 7. The van der Waals surface area contributed by atoms with E-state index in [0.29, 0.717) is 5.22 Å². The second-order valence-electron chi connectivity index (χ2n) is 5.10. The van der Waals surface area contributed by atoms with Crippen LogP contribution in [-0.4, -0.2) is 20.2 Å². The number of hydrogen-bond donors (Lipinski definition) is 0. The lowest BCUT2D eigenvalue weighted by molar-refractivity contribution is 0.462. The number of rotatable bonds is 3. The molecule has 0 saturated carbocycles. The van der Waals surface area contributed by atoms with Crippen molar-refractivity contribution in [2.75, 3.05) is 0 Å². The molecule has 3 heterocycles. The van der Waals surface area contributed by atoms with E-state index in [2.05, 4.69) is 27.1 Å². The first-order valence-electron chi connectivity index (χ1n) is 7.10. The van der Waals surface area contributed by atoms with Crippen molar-refractivity contribution in [2.24, 2.45) is 0 Å². The first kappa shape index (κ1) is 15.2. The smallest absolute Gasteiger partial charge is 0.283 e. The van der Waals surface area contributed by atoms with Gasteiger partial charge in [0.1, 0.15) is 22.0 Å². The van der Waals surface area contributed by atoms with Gasteiger partial charge in [-0.2, -0.15) is 0 Å². The molecule has 0 aliphatic carbocycles. The van der Waals surface area contributed by atoms with Crippen molar-refractivity contribution in [2.45, 2.75) is 24.1 Å². The fraction of sp³-hybridized carbons (Fsp3) is 0.125. The van der Waals surface area contributed by atoms with E-state index < -0.39 is 5.82 Å². The fourth-order valence-corrected chi connectivity index (χ4v) is 4.19. The highest BCUT2D eigenvalue weighted by Gasteiger charge is 2.17. The number of halogens is 1. The van der Waals surface area contributed by atoms with Crippen molar-refractivity contribution in [1.82, 2.24) is 20.2 Å². The summed E-state index contributed by atoms with van der Waals surface area (Å²) in [5, 5.41) is 10.00. The molecule has 0 aliphatic heterocycles. The van der Waals surface area contributed by atoms with Crippen molar-refractivity contribution in [1.29, 1.82) is 0 Å². The molecule has 0 saturated heterocycles. The lowest BCUT2D eigenvalue weighted by Gasteiger charge is -1.99. The molecule has 0 fully saturated rings. The van der Waals surface area contributed by atoms with E-state index in [4.69, 9.17) is 4.42 Å². The molecular weight excluding hydrogens is 347 g/mol. The van der Waals surface area contributed by atoms with Crippen LogP contribution < -0.4 is 0 Å². The maximum absolute atomic E-state index is 13.8. The number of nitrogens with zero attached hydrogens (tertiary/aromatic N) is 4. The van der Waals surface area contributed by atoms with Crippen molar-refractivity contribution in [3.63, 3.8) is 0 Å². The van der Waals surface area contributed by atoms with Crippen molar-refractivity contribution < 1.29 is 8.81 Å². The summed E-state index contributed by atoms with van der Waals surface area (Å²) < 4.78 is 19.4. The van der Waals surface area contributed by atoms with Gasteiger partial charge in [-0.05, 0) is 43.3 Å². The summed E-state index contributed by atoms with van der Waals surface area (Å²) in [6.07, 6.45) is 1.52. The SMILES string of the molecule is Cc1sc2ncnc(Sc3nnc(-c4ccccc4F)o3)c2c1C. The molecular formula is C16H11FN4OS2. The van der Waals surface area contributed by atoms with E-state index in [1.165, 1.54) is 29.0 Å². The number of thiophene rings is 1. The Balaban J connectivity index is 1.72. The Morgan fingerprint density at radius 2 is 1.96 bits per heavy atom. The summed E-state index contributed by atoms with van der Waals surface area (Å²) in [5.74, 6) is -0.245. The number of benzene rings is 1. The van der Waals surface area contributed by atoms with Gasteiger partial charge in [-0.3, -0.25) is 0 Å². The van der Waals surface area contributed by atoms with Crippen LogP contribution in [0.1, 0.15) is 10.4 Å². The van der Waals surface area contributed by atoms with E-state index in [1.807, 2.05) is 6.92 Å². The Morgan fingerprint density at radius 1 is 1.12 bits per heavy atom. The predicted octanol–water partition coefficient (Wildman–Crippen LogP) is 4.65. The summed E-state index contributed by atoms with van der Waals surface area (Å²) in [7, 11) is 0. The van der Waals surface area contributed by atoms with Gasteiger partial charge >= 0.3 is 0 Å². The monoisotopic (exact) mass is 358 g/mol. The molecule has 0 aliphatic rings. The molecule has 0 spiro atoms. The Labute approximate surface area is 145 Å². The highest BCUT2D eigenvalue weighted by Crippen LogP contribution is 2.37. The summed E-state index contributed by atoms with van der Waals surface area (Å²) in [5.41, 5.74) is 1.43. The number of aromatic nitrogens is 4. The molecule has 1 aromatic carbocycles. The molecule has 0 N–H and O–H groups in total. The first-order chi connectivity index (χ1) is 11.6. The van der Waals surface area contributed by atoms with E-state index >= 15 is 0 Å². The zero-order valence-corrected chi connectivity index (χ0v) is 14.4. The normalized spacial score (nSPS) is 11.3. The van der Waals surface area contributed by atoms with Gasteiger partial charge < -0.3 is 4.42 Å². The second kappa shape index (κ2) is 5.95. The molecule has 3 aromatic heterocycles. The lowest BCUT2D eigenvalue weighted by Crippen LogP contribution is -1.85. The minimum atomic E-state index is -0.397. The van der Waals surface area contributed by atoms with Gasteiger partial charge in [-0.15, -0.1) is 21.5 Å². The zero-order valence-electron chi connectivity index (χ0n) is 12.8. The van der Waals surface area contributed by atoms with Crippen molar-refractivity contribution in [3.05, 3.63) is 46.9 Å². The molecule has 5 nitrogen and oxygen atoms in total. The quantitative estimate of drug-likeness (QED) is 0.497. The highest BCUT2D eigenvalue weighted by molar-refractivity contribution is 7.99. The third-order valence-electron chi connectivity index (χ3n) is 3.63. The van der Waals surface area contributed by atoms with Gasteiger partial charge in [-0.25, -0.2) is 14.4 Å². The maximum Gasteiger partial charge on any atom is 0.283 e. The molecule has 8 heteroatoms. The Hall–Kier alpha value is -2.32. The molecule has 4 rings (SSSR count). The van der Waals surface area contributed by atoms with E-state index in [1.54, 1.807) is 29.5 Å². The van der Waals surface area contributed by atoms with Crippen LogP contribution in [0.25, 0.3) is 21.7 Å². The fourth-order valence-electron chi connectivity index (χ4n) is 2.30. The third kappa shape index (κ3) is 2.57. The van der Waals surface area contributed by atoms with E-state index in [-0.39, 0.29) is 11.5 Å². The average Bonchev–Trinajstić information content (AvgIpc) is 3.14. The topological polar surface area (TPSA) is 64.7 Å². The van der Waals surface area contributed by atoms with Crippen LogP contribution in [0, 0.1) is 19.7 Å². The molecule has 24 heavy (non-hydrogen) atoms. The van der Waals surface area contributed by atoms with Crippen LogP contribution in [-0.2, 0) is 0 Å².